The molecule has 0 saturated carbocycles. The summed E-state index contributed by atoms with van der Waals surface area (Å²) in [6.45, 7) is 0. The summed E-state index contributed by atoms with van der Waals surface area (Å²) in [7, 11) is -3.68. The van der Waals surface area contributed by atoms with E-state index >= 15 is 0 Å². The highest BCUT2D eigenvalue weighted by Crippen LogP contribution is 2.16. The number of benzene rings is 3. The van der Waals surface area contributed by atoms with Gasteiger partial charge in [0.25, 0.3) is 15.9 Å². The van der Waals surface area contributed by atoms with Gasteiger partial charge >= 0.3 is 0 Å². The Morgan fingerprint density at radius 3 is 2.33 bits per heavy atom. The first-order valence-electron chi connectivity index (χ1n) is 9.11. The fourth-order valence-corrected chi connectivity index (χ4v) is 3.68. The molecule has 0 aliphatic heterocycles. The van der Waals surface area contributed by atoms with Gasteiger partial charge in [0.1, 0.15) is 0 Å². The Morgan fingerprint density at radius 2 is 1.60 bits per heavy atom. The van der Waals surface area contributed by atoms with E-state index in [0.29, 0.717) is 17.2 Å². The predicted octanol–water partition coefficient (Wildman–Crippen LogP) is 4.23. The summed E-state index contributed by atoms with van der Waals surface area (Å²) in [6, 6.07) is 22.7. The van der Waals surface area contributed by atoms with Crippen LogP contribution in [0.4, 0.5) is 11.6 Å². The highest BCUT2D eigenvalue weighted by atomic mass is 32.2. The average Bonchev–Trinajstić information content (AvgIpc) is 3.15. The van der Waals surface area contributed by atoms with Crippen LogP contribution in [-0.2, 0) is 10.0 Å². The number of H-pyrrole nitrogens is 1. The molecular weight excluding hydrogens is 400 g/mol. The van der Waals surface area contributed by atoms with Gasteiger partial charge in [0.2, 0.25) is 5.95 Å². The molecule has 1 amide bonds. The number of anilines is 2. The van der Waals surface area contributed by atoms with Crippen molar-refractivity contribution < 1.29 is 13.2 Å². The monoisotopic (exact) mass is 418 g/mol. The number of hydrogen-bond donors (Lipinski definition) is 3. The van der Waals surface area contributed by atoms with Gasteiger partial charge in [-0.3, -0.25) is 14.8 Å². The maximum Gasteiger partial charge on any atom is 0.257 e. The summed E-state index contributed by atoms with van der Waals surface area (Å²) in [5, 5.41) is 3.80. The van der Waals surface area contributed by atoms with Gasteiger partial charge in [-0.25, -0.2) is 13.4 Å². The minimum absolute atomic E-state index is 0.344. The molecule has 0 fully saturated rings. The number of aromatic amines is 1. The molecule has 8 heteroatoms. The van der Waals surface area contributed by atoms with E-state index in [1.807, 2.05) is 42.5 Å². The van der Waals surface area contributed by atoms with Gasteiger partial charge in [-0.1, -0.05) is 42.5 Å². The molecule has 4 aromatic rings. The summed E-state index contributed by atoms with van der Waals surface area (Å²) in [5.41, 5.74) is 3.08. The lowest BCUT2D eigenvalue weighted by molar-refractivity contribution is 0.102. The molecule has 1 aromatic heterocycles. The number of hydrogen-bond acceptors (Lipinski definition) is 4. The fourth-order valence-electron chi connectivity index (χ4n) is 2.81. The zero-order valence-corrected chi connectivity index (χ0v) is 16.6. The van der Waals surface area contributed by atoms with Gasteiger partial charge in [0.15, 0.2) is 0 Å². The Labute approximate surface area is 173 Å². The van der Waals surface area contributed by atoms with Crippen molar-refractivity contribution in [3.8, 4) is 0 Å². The maximum atomic E-state index is 12.4. The Hall–Kier alpha value is -3.91. The molecule has 0 radical (unpaired) electrons. The van der Waals surface area contributed by atoms with E-state index in [0.717, 1.165) is 22.0 Å². The summed E-state index contributed by atoms with van der Waals surface area (Å²) in [6.07, 6.45) is 1.51. The van der Waals surface area contributed by atoms with E-state index in [2.05, 4.69) is 20.0 Å². The van der Waals surface area contributed by atoms with Gasteiger partial charge in [0.05, 0.1) is 16.4 Å². The molecule has 7 nitrogen and oxygen atoms in total. The third-order valence-electron chi connectivity index (χ3n) is 4.27. The third-order valence-corrected chi connectivity index (χ3v) is 5.28. The minimum Gasteiger partial charge on any atom is -0.324 e. The van der Waals surface area contributed by atoms with Gasteiger partial charge in [-0.2, -0.15) is 0 Å². The quantitative estimate of drug-likeness (QED) is 0.436. The summed E-state index contributed by atoms with van der Waals surface area (Å²) < 4.78 is 26.9. The van der Waals surface area contributed by atoms with Crippen LogP contribution < -0.4 is 10.0 Å². The van der Waals surface area contributed by atoms with E-state index in [9.17, 15) is 13.2 Å². The number of fused-ring (bicyclic) bond motifs is 1. The van der Waals surface area contributed by atoms with Crippen molar-refractivity contribution in [2.75, 3.05) is 10.0 Å². The molecule has 0 bridgehead atoms. The van der Waals surface area contributed by atoms with E-state index in [-0.39, 0.29) is 5.91 Å². The molecule has 3 N–H and O–H groups in total. The molecule has 0 atom stereocenters. The lowest BCUT2D eigenvalue weighted by Crippen LogP contribution is -2.13. The van der Waals surface area contributed by atoms with Crippen LogP contribution in [0.2, 0.25) is 0 Å². The van der Waals surface area contributed by atoms with Gasteiger partial charge in [-0.15, -0.1) is 0 Å². The smallest absolute Gasteiger partial charge is 0.257 e. The summed E-state index contributed by atoms with van der Waals surface area (Å²) in [5.74, 6) is -0.00975. The SMILES string of the molecule is O=C(Nc1nc2ccccc2[nH]1)c1ccc(NS(=O)(=O)/C=C/c2ccccc2)cc1. The molecule has 3 aromatic carbocycles. The van der Waals surface area contributed by atoms with Crippen molar-refractivity contribution >= 4 is 44.7 Å². The largest absolute Gasteiger partial charge is 0.324 e. The third kappa shape index (κ3) is 4.73. The number of carbonyl (C=O) groups is 1. The van der Waals surface area contributed by atoms with Crippen molar-refractivity contribution in [3.05, 3.63) is 95.4 Å². The van der Waals surface area contributed by atoms with Crippen LogP contribution in [0.15, 0.2) is 84.3 Å². The number of para-hydroxylation sites is 2. The lowest BCUT2D eigenvalue weighted by Gasteiger charge is -2.06. The maximum absolute atomic E-state index is 12.4. The van der Waals surface area contributed by atoms with Crippen molar-refractivity contribution in [2.24, 2.45) is 0 Å². The molecule has 150 valence electrons. The summed E-state index contributed by atoms with van der Waals surface area (Å²) >= 11 is 0. The predicted molar refractivity (Wildman–Crippen MR) is 119 cm³/mol. The number of nitrogens with zero attached hydrogens (tertiary/aromatic N) is 1. The number of amides is 1. The molecule has 0 saturated heterocycles. The first-order chi connectivity index (χ1) is 14.5. The first-order valence-corrected chi connectivity index (χ1v) is 10.7. The van der Waals surface area contributed by atoms with Crippen molar-refractivity contribution in [3.63, 3.8) is 0 Å². The highest BCUT2D eigenvalue weighted by Gasteiger charge is 2.11. The van der Waals surface area contributed by atoms with E-state index in [1.165, 1.54) is 30.3 Å². The van der Waals surface area contributed by atoms with E-state index < -0.39 is 10.0 Å². The number of aromatic nitrogens is 2. The van der Waals surface area contributed by atoms with Crippen LogP contribution >= 0.6 is 0 Å². The minimum atomic E-state index is -3.68. The van der Waals surface area contributed by atoms with E-state index in [4.69, 9.17) is 0 Å². The molecule has 0 aliphatic rings. The van der Waals surface area contributed by atoms with Crippen molar-refractivity contribution in [1.29, 1.82) is 0 Å². The van der Waals surface area contributed by atoms with Crippen LogP contribution in [0.5, 0.6) is 0 Å². The Balaban J connectivity index is 1.41. The Kier molecular flexibility index (Phi) is 5.32. The number of nitrogens with one attached hydrogen (secondary N) is 3. The molecular formula is C22H18N4O3S. The Morgan fingerprint density at radius 1 is 0.900 bits per heavy atom. The molecule has 1 heterocycles. The van der Waals surface area contributed by atoms with Crippen LogP contribution in [0.3, 0.4) is 0 Å². The fraction of sp³-hybridized carbons (Fsp3) is 0. The zero-order valence-electron chi connectivity index (χ0n) is 15.7. The second kappa shape index (κ2) is 8.22. The molecule has 0 spiro atoms. The first kappa shape index (κ1) is 19.4. The van der Waals surface area contributed by atoms with Gasteiger partial charge < -0.3 is 4.98 Å². The number of sulfonamides is 1. The van der Waals surface area contributed by atoms with Crippen LogP contribution in [-0.4, -0.2) is 24.3 Å². The molecule has 0 aliphatic carbocycles. The van der Waals surface area contributed by atoms with Gasteiger partial charge in [-0.05, 0) is 48.0 Å². The van der Waals surface area contributed by atoms with Crippen LogP contribution in [0.1, 0.15) is 15.9 Å². The zero-order chi connectivity index (χ0) is 21.0. The normalized spacial score (nSPS) is 11.6. The Bertz CT molecular complexity index is 1280. The van der Waals surface area contributed by atoms with Crippen LogP contribution in [0.25, 0.3) is 17.1 Å². The number of rotatable bonds is 6. The van der Waals surface area contributed by atoms with Crippen molar-refractivity contribution in [2.45, 2.75) is 0 Å². The number of carbonyl (C=O) groups excluding carboxylic acids is 1. The second-order valence-corrected chi connectivity index (χ2v) is 8.06. The van der Waals surface area contributed by atoms with E-state index in [1.54, 1.807) is 12.1 Å². The second-order valence-electron chi connectivity index (χ2n) is 6.49. The topological polar surface area (TPSA) is 104 Å². The highest BCUT2D eigenvalue weighted by molar-refractivity contribution is 7.95. The van der Waals surface area contributed by atoms with Crippen molar-refractivity contribution in [1.82, 2.24) is 9.97 Å². The number of imidazole rings is 1. The standard InChI is InChI=1S/C22H18N4O3S/c27-21(25-22-23-19-8-4-5-9-20(19)24-22)17-10-12-18(13-11-17)26-30(28,29)15-14-16-6-2-1-3-7-16/h1-15,26H,(H2,23,24,25,27)/b15-14+. The molecule has 0 unspecified atom stereocenters. The van der Waals surface area contributed by atoms with Crippen LogP contribution in [0, 0.1) is 0 Å². The van der Waals surface area contributed by atoms with Gasteiger partial charge in [0, 0.05) is 11.3 Å². The average molecular weight is 418 g/mol. The lowest BCUT2D eigenvalue weighted by atomic mass is 10.2. The molecule has 4 rings (SSSR count). The molecule has 30 heavy (non-hydrogen) atoms. The summed E-state index contributed by atoms with van der Waals surface area (Å²) in [4.78, 5) is 19.8.